The zero-order chi connectivity index (χ0) is 12.3. The molecule has 1 aromatic carbocycles. The molecule has 1 aliphatic rings. The molecule has 2 atom stereocenters. The van der Waals surface area contributed by atoms with Gasteiger partial charge in [-0.1, -0.05) is 61.2 Å². The molecule has 0 spiro atoms. The third-order valence-corrected chi connectivity index (χ3v) is 4.61. The Kier molecular flexibility index (Phi) is 4.42. The van der Waals surface area contributed by atoms with Gasteiger partial charge in [0, 0.05) is 18.2 Å². The zero-order valence-corrected chi connectivity index (χ0v) is 11.5. The molecule has 1 fully saturated rings. The number of nitrogens with zero attached hydrogens (tertiary/aromatic N) is 1. The Morgan fingerprint density at radius 3 is 2.71 bits per heavy atom. The highest BCUT2D eigenvalue weighted by Crippen LogP contribution is 2.40. The van der Waals surface area contributed by atoms with Crippen LogP contribution in [-0.2, 0) is 0 Å². The number of aliphatic hydroxyl groups is 1. The van der Waals surface area contributed by atoms with Crippen LogP contribution < -0.4 is 0 Å². The van der Waals surface area contributed by atoms with Gasteiger partial charge in [-0.25, -0.2) is 0 Å². The van der Waals surface area contributed by atoms with Gasteiger partial charge in [0.05, 0.1) is 0 Å². The number of aliphatic hydroxyl groups excluding tert-OH is 1. The minimum absolute atomic E-state index is 0.284. The topological polar surface area (TPSA) is 23.5 Å². The number of thioether (sulfide) groups is 1. The van der Waals surface area contributed by atoms with E-state index < -0.39 is 6.23 Å². The van der Waals surface area contributed by atoms with Crippen LogP contribution in [0.2, 0.25) is 0 Å². The van der Waals surface area contributed by atoms with Crippen LogP contribution in [0.3, 0.4) is 0 Å². The van der Waals surface area contributed by atoms with E-state index in [1.54, 1.807) is 11.8 Å². The summed E-state index contributed by atoms with van der Waals surface area (Å²) in [6.45, 7) is 2.94. The third-order valence-electron chi connectivity index (χ3n) is 2.90. The maximum Gasteiger partial charge on any atom is 0.139 e. The minimum Gasteiger partial charge on any atom is -0.374 e. The molecular formula is C13H17NOS2. The summed E-state index contributed by atoms with van der Waals surface area (Å²) in [5, 5.41) is 10.4. The van der Waals surface area contributed by atoms with Crippen molar-refractivity contribution < 1.29 is 5.11 Å². The van der Waals surface area contributed by atoms with Crippen LogP contribution in [0.25, 0.3) is 0 Å². The van der Waals surface area contributed by atoms with Crippen molar-refractivity contribution in [2.24, 2.45) is 0 Å². The highest BCUT2D eigenvalue weighted by atomic mass is 32.2. The maximum absolute atomic E-state index is 10.1. The summed E-state index contributed by atoms with van der Waals surface area (Å²) in [5.74, 6) is 0. The van der Waals surface area contributed by atoms with Crippen LogP contribution in [0.5, 0.6) is 0 Å². The number of hydrogen-bond donors (Lipinski definition) is 1. The molecule has 1 saturated heterocycles. The molecule has 1 N–H and O–H groups in total. The van der Waals surface area contributed by atoms with Crippen molar-refractivity contribution in [2.75, 3.05) is 6.54 Å². The lowest BCUT2D eigenvalue weighted by Crippen LogP contribution is -2.42. The van der Waals surface area contributed by atoms with Crippen molar-refractivity contribution in [1.82, 2.24) is 4.90 Å². The van der Waals surface area contributed by atoms with Gasteiger partial charge in [0.2, 0.25) is 0 Å². The number of rotatable bonds is 3. The summed E-state index contributed by atoms with van der Waals surface area (Å²) in [5.41, 5.74) is 1.25. The largest absolute Gasteiger partial charge is 0.374 e. The van der Waals surface area contributed by atoms with E-state index in [1.165, 1.54) is 5.56 Å². The molecule has 2 nitrogen and oxygen atoms in total. The van der Waals surface area contributed by atoms with Gasteiger partial charge in [-0.05, 0) is 12.0 Å². The van der Waals surface area contributed by atoms with E-state index in [-0.39, 0.29) is 5.25 Å². The van der Waals surface area contributed by atoms with Gasteiger partial charge in [0.1, 0.15) is 10.5 Å². The van der Waals surface area contributed by atoms with Crippen molar-refractivity contribution in [3.63, 3.8) is 0 Å². The molecule has 1 aromatic rings. The van der Waals surface area contributed by atoms with Crippen LogP contribution >= 0.6 is 24.0 Å². The lowest BCUT2D eigenvalue weighted by atomic mass is 10.1. The zero-order valence-electron chi connectivity index (χ0n) is 9.87. The number of benzene rings is 1. The van der Waals surface area contributed by atoms with Gasteiger partial charge in [0.15, 0.2) is 0 Å². The maximum atomic E-state index is 10.1. The number of hydrogen-bond acceptors (Lipinski definition) is 3. The molecule has 0 radical (unpaired) electrons. The first-order chi connectivity index (χ1) is 8.22. The molecule has 17 heavy (non-hydrogen) atoms. The van der Waals surface area contributed by atoms with Crippen LogP contribution in [-0.4, -0.2) is 27.1 Å². The van der Waals surface area contributed by atoms with Gasteiger partial charge >= 0.3 is 0 Å². The van der Waals surface area contributed by atoms with Crippen LogP contribution in [0.4, 0.5) is 0 Å². The molecule has 0 saturated carbocycles. The Balaban J connectivity index is 2.09. The molecule has 0 aliphatic carbocycles. The lowest BCUT2D eigenvalue weighted by Gasteiger charge is -2.37. The molecule has 0 amide bonds. The summed E-state index contributed by atoms with van der Waals surface area (Å²) in [4.78, 5) is 1.93. The molecule has 92 valence electrons. The fourth-order valence-electron chi connectivity index (χ4n) is 2.03. The van der Waals surface area contributed by atoms with E-state index in [1.807, 2.05) is 23.1 Å². The third kappa shape index (κ3) is 3.00. The summed E-state index contributed by atoms with van der Waals surface area (Å²) >= 11 is 7.06. The van der Waals surface area contributed by atoms with Crippen molar-refractivity contribution in [1.29, 1.82) is 0 Å². The molecule has 0 aromatic heterocycles. The van der Waals surface area contributed by atoms with E-state index in [4.69, 9.17) is 12.2 Å². The van der Waals surface area contributed by atoms with Crippen molar-refractivity contribution in [3.05, 3.63) is 35.9 Å². The van der Waals surface area contributed by atoms with Crippen molar-refractivity contribution >= 4 is 28.3 Å². The van der Waals surface area contributed by atoms with Crippen LogP contribution in [0.1, 0.15) is 30.6 Å². The minimum atomic E-state index is -0.436. The van der Waals surface area contributed by atoms with Gasteiger partial charge < -0.3 is 10.0 Å². The first-order valence-corrected chi connectivity index (χ1v) is 7.21. The molecule has 0 bridgehead atoms. The molecule has 1 aliphatic heterocycles. The highest BCUT2D eigenvalue weighted by Gasteiger charge is 2.30. The Labute approximate surface area is 112 Å². The van der Waals surface area contributed by atoms with Gasteiger partial charge in [-0.3, -0.25) is 0 Å². The molecule has 1 heterocycles. The lowest BCUT2D eigenvalue weighted by molar-refractivity contribution is 0.0463. The van der Waals surface area contributed by atoms with Crippen molar-refractivity contribution in [3.8, 4) is 0 Å². The van der Waals surface area contributed by atoms with Crippen LogP contribution in [0, 0.1) is 0 Å². The van der Waals surface area contributed by atoms with E-state index in [0.29, 0.717) is 0 Å². The Hall–Kier alpha value is -0.580. The average molecular weight is 267 g/mol. The first kappa shape index (κ1) is 12.9. The normalized spacial score (nSPS) is 25.1. The predicted octanol–water partition coefficient (Wildman–Crippen LogP) is 3.18. The highest BCUT2D eigenvalue weighted by molar-refractivity contribution is 8.23. The standard InChI is InChI=1S/C13H17NOS2/c1-2-8-14-12(15)9-11(17-13(14)16)10-6-4-3-5-7-10/h3-7,11-12,15H,2,8-9H2,1H3. The van der Waals surface area contributed by atoms with E-state index >= 15 is 0 Å². The fourth-order valence-corrected chi connectivity index (χ4v) is 3.75. The molecule has 4 heteroatoms. The molecular weight excluding hydrogens is 250 g/mol. The second-order valence-corrected chi connectivity index (χ2v) is 6.03. The Morgan fingerprint density at radius 2 is 2.12 bits per heavy atom. The fraction of sp³-hybridized carbons (Fsp3) is 0.462. The second kappa shape index (κ2) is 5.85. The number of thiocarbonyl (C=S) groups is 1. The Morgan fingerprint density at radius 1 is 1.41 bits per heavy atom. The first-order valence-electron chi connectivity index (χ1n) is 5.92. The summed E-state index contributed by atoms with van der Waals surface area (Å²) < 4.78 is 0.819. The van der Waals surface area contributed by atoms with Crippen LogP contribution in [0.15, 0.2) is 30.3 Å². The Bertz CT molecular complexity index is 382. The smallest absolute Gasteiger partial charge is 0.139 e. The second-order valence-electron chi connectivity index (χ2n) is 4.19. The monoisotopic (exact) mass is 267 g/mol. The summed E-state index contributed by atoms with van der Waals surface area (Å²) in [7, 11) is 0. The summed E-state index contributed by atoms with van der Waals surface area (Å²) in [6, 6.07) is 10.3. The van der Waals surface area contributed by atoms with Crippen molar-refractivity contribution in [2.45, 2.75) is 31.2 Å². The summed E-state index contributed by atoms with van der Waals surface area (Å²) in [6.07, 6.45) is 1.32. The quantitative estimate of drug-likeness (QED) is 0.850. The molecule has 2 unspecified atom stereocenters. The van der Waals surface area contributed by atoms with Gasteiger partial charge in [-0.2, -0.15) is 0 Å². The van der Waals surface area contributed by atoms with E-state index in [2.05, 4.69) is 19.1 Å². The van der Waals surface area contributed by atoms with Gasteiger partial charge in [-0.15, -0.1) is 0 Å². The van der Waals surface area contributed by atoms with E-state index in [0.717, 1.165) is 23.7 Å². The predicted molar refractivity (Wildman–Crippen MR) is 77.0 cm³/mol. The average Bonchev–Trinajstić information content (AvgIpc) is 2.35. The molecule has 2 rings (SSSR count). The van der Waals surface area contributed by atoms with Gasteiger partial charge in [0.25, 0.3) is 0 Å². The van der Waals surface area contributed by atoms with E-state index in [9.17, 15) is 5.11 Å². The SMILES string of the molecule is CCCN1C(=S)SC(c2ccccc2)CC1O.